The minimum absolute atomic E-state index is 0.384. The van der Waals surface area contributed by atoms with E-state index in [2.05, 4.69) is 55.4 Å². The van der Waals surface area contributed by atoms with Crippen LogP contribution in [0.4, 0.5) is 5.69 Å². The first-order chi connectivity index (χ1) is 18.0. The molecule has 0 saturated carbocycles. The highest BCUT2D eigenvalue weighted by atomic mass is 16.3. The summed E-state index contributed by atoms with van der Waals surface area (Å²) in [5.41, 5.74) is 7.57. The normalized spacial score (nSPS) is 12.4. The fourth-order valence-corrected chi connectivity index (χ4v) is 4.50. The molecule has 4 N–H and O–H groups in total. The Kier molecular flexibility index (Phi) is 5.82. The fraction of sp³-hybridized carbons (Fsp3) is 0.179. The maximum absolute atomic E-state index is 10.3. The topological polar surface area (TPSA) is 128 Å². The summed E-state index contributed by atoms with van der Waals surface area (Å²) in [6, 6.07) is 13.9. The number of aliphatic hydroxyl groups is 1. The lowest BCUT2D eigenvalue weighted by Gasteiger charge is -2.16. The van der Waals surface area contributed by atoms with Crippen molar-refractivity contribution >= 4 is 27.6 Å². The van der Waals surface area contributed by atoms with E-state index in [0.29, 0.717) is 18.2 Å². The van der Waals surface area contributed by atoms with Crippen molar-refractivity contribution in [1.82, 2.24) is 35.1 Å². The molecule has 5 aromatic heterocycles. The molecule has 9 nitrogen and oxygen atoms in total. The Hall–Kier alpha value is -4.63. The van der Waals surface area contributed by atoms with Gasteiger partial charge < -0.3 is 15.4 Å². The molecule has 37 heavy (non-hydrogen) atoms. The summed E-state index contributed by atoms with van der Waals surface area (Å²) in [6.07, 6.45) is 8.86. The molecule has 0 aliphatic rings. The summed E-state index contributed by atoms with van der Waals surface area (Å²) in [4.78, 5) is 21.5. The standard InChI is InChI=1S/C28H26N8O/c1-16(2)9-25(37)32-19-10-18(12-29-13-19)17-6-7-23-20(11-17)27(36-35-23)28-33-24-15-30-14-21(26(24)34-28)22-5-3-4-8-31-22/h3-8,10-16,25,32,37H,9H2,1-2H3,(H,33,34)(H,35,36). The number of nitrogens with zero attached hydrogens (tertiary/aromatic N) is 5. The molecule has 0 radical (unpaired) electrons. The van der Waals surface area contributed by atoms with Gasteiger partial charge in [0, 0.05) is 35.1 Å². The Balaban J connectivity index is 1.38. The predicted octanol–water partition coefficient (Wildman–Crippen LogP) is 5.40. The molecule has 0 amide bonds. The van der Waals surface area contributed by atoms with Crippen LogP contribution in [0, 0.1) is 5.92 Å². The van der Waals surface area contributed by atoms with E-state index in [9.17, 15) is 5.11 Å². The van der Waals surface area contributed by atoms with E-state index in [-0.39, 0.29) is 0 Å². The van der Waals surface area contributed by atoms with Crippen molar-refractivity contribution in [1.29, 1.82) is 0 Å². The minimum Gasteiger partial charge on any atom is -0.374 e. The zero-order chi connectivity index (χ0) is 25.4. The number of rotatable bonds is 7. The summed E-state index contributed by atoms with van der Waals surface area (Å²) >= 11 is 0. The van der Waals surface area contributed by atoms with Gasteiger partial charge in [0.1, 0.15) is 17.4 Å². The minimum atomic E-state index is -0.626. The monoisotopic (exact) mass is 490 g/mol. The van der Waals surface area contributed by atoms with Crippen LogP contribution in [0.2, 0.25) is 0 Å². The van der Waals surface area contributed by atoms with Crippen LogP contribution < -0.4 is 5.32 Å². The molecule has 184 valence electrons. The van der Waals surface area contributed by atoms with E-state index >= 15 is 0 Å². The third-order valence-electron chi connectivity index (χ3n) is 6.22. The van der Waals surface area contributed by atoms with Crippen molar-refractivity contribution in [3.8, 4) is 33.9 Å². The highest BCUT2D eigenvalue weighted by Crippen LogP contribution is 2.32. The summed E-state index contributed by atoms with van der Waals surface area (Å²) in [5, 5.41) is 22.0. The first kappa shape index (κ1) is 22.8. The number of fused-ring (bicyclic) bond motifs is 2. The molecule has 1 aromatic carbocycles. The average molecular weight is 491 g/mol. The summed E-state index contributed by atoms with van der Waals surface area (Å²) in [6.45, 7) is 4.16. The SMILES string of the molecule is CC(C)CC(O)Nc1cncc(-c2ccc3[nH]nc(-c4nc5c(-c6ccccn6)cncc5[nH]4)c3c2)c1. The second-order valence-electron chi connectivity index (χ2n) is 9.47. The zero-order valence-electron chi connectivity index (χ0n) is 20.5. The molecule has 1 atom stereocenters. The number of nitrogens with one attached hydrogen (secondary N) is 3. The summed E-state index contributed by atoms with van der Waals surface area (Å²) in [5.74, 6) is 1.03. The van der Waals surface area contributed by atoms with Gasteiger partial charge >= 0.3 is 0 Å². The summed E-state index contributed by atoms with van der Waals surface area (Å²) < 4.78 is 0. The maximum Gasteiger partial charge on any atom is 0.159 e. The number of pyridine rings is 3. The Bertz CT molecular complexity index is 1690. The van der Waals surface area contributed by atoms with Crippen LogP contribution in [0.5, 0.6) is 0 Å². The molecule has 0 bridgehead atoms. The predicted molar refractivity (Wildman–Crippen MR) is 145 cm³/mol. The molecule has 0 saturated heterocycles. The van der Waals surface area contributed by atoms with Crippen molar-refractivity contribution < 1.29 is 5.11 Å². The van der Waals surface area contributed by atoms with Crippen molar-refractivity contribution in [2.45, 2.75) is 26.5 Å². The first-order valence-corrected chi connectivity index (χ1v) is 12.2. The van der Waals surface area contributed by atoms with Crippen molar-refractivity contribution in [2.24, 2.45) is 5.92 Å². The summed E-state index contributed by atoms with van der Waals surface area (Å²) in [7, 11) is 0. The molecule has 6 rings (SSSR count). The van der Waals surface area contributed by atoms with Crippen LogP contribution in [-0.2, 0) is 0 Å². The van der Waals surface area contributed by atoms with Crippen LogP contribution >= 0.6 is 0 Å². The number of hydrogen-bond acceptors (Lipinski definition) is 7. The van der Waals surface area contributed by atoms with Gasteiger partial charge in [-0.25, -0.2) is 4.98 Å². The number of imidazole rings is 1. The van der Waals surface area contributed by atoms with Crippen LogP contribution in [0.1, 0.15) is 20.3 Å². The first-order valence-electron chi connectivity index (χ1n) is 12.2. The molecular weight excluding hydrogens is 464 g/mol. The average Bonchev–Trinajstić information content (AvgIpc) is 3.52. The van der Waals surface area contributed by atoms with E-state index in [4.69, 9.17) is 4.98 Å². The number of anilines is 1. The lowest BCUT2D eigenvalue weighted by atomic mass is 10.0. The number of aromatic nitrogens is 7. The Morgan fingerprint density at radius 2 is 1.84 bits per heavy atom. The van der Waals surface area contributed by atoms with E-state index < -0.39 is 6.23 Å². The lowest BCUT2D eigenvalue weighted by Crippen LogP contribution is -2.20. The Morgan fingerprint density at radius 1 is 0.946 bits per heavy atom. The maximum atomic E-state index is 10.3. The highest BCUT2D eigenvalue weighted by Gasteiger charge is 2.17. The van der Waals surface area contributed by atoms with Crippen LogP contribution in [0.25, 0.3) is 55.8 Å². The third kappa shape index (κ3) is 4.52. The van der Waals surface area contributed by atoms with Crippen molar-refractivity contribution in [3.05, 3.63) is 73.4 Å². The molecular formula is C28H26N8O. The number of H-pyrrole nitrogens is 2. The van der Waals surface area contributed by atoms with Gasteiger partial charge in [-0.1, -0.05) is 26.0 Å². The molecule has 1 unspecified atom stereocenters. The Labute approximate surface area is 213 Å². The zero-order valence-corrected chi connectivity index (χ0v) is 20.5. The second kappa shape index (κ2) is 9.44. The van der Waals surface area contributed by atoms with E-state index in [0.717, 1.165) is 55.7 Å². The van der Waals surface area contributed by atoms with Crippen LogP contribution in [0.15, 0.2) is 73.4 Å². The molecule has 0 aliphatic heterocycles. The van der Waals surface area contributed by atoms with Crippen LogP contribution in [-0.4, -0.2) is 46.5 Å². The van der Waals surface area contributed by atoms with Gasteiger partial charge in [0.25, 0.3) is 0 Å². The number of benzene rings is 1. The van der Waals surface area contributed by atoms with Gasteiger partial charge in [0.15, 0.2) is 5.82 Å². The van der Waals surface area contributed by atoms with E-state index in [1.807, 2.05) is 42.6 Å². The van der Waals surface area contributed by atoms with Crippen molar-refractivity contribution in [3.63, 3.8) is 0 Å². The highest BCUT2D eigenvalue weighted by molar-refractivity contribution is 5.97. The van der Waals surface area contributed by atoms with Gasteiger partial charge in [-0.05, 0) is 48.2 Å². The third-order valence-corrected chi connectivity index (χ3v) is 6.22. The van der Waals surface area contributed by atoms with Gasteiger partial charge in [0.2, 0.25) is 0 Å². The fourth-order valence-electron chi connectivity index (χ4n) is 4.50. The molecule has 5 heterocycles. The molecule has 9 heteroatoms. The smallest absolute Gasteiger partial charge is 0.159 e. The molecule has 6 aromatic rings. The van der Waals surface area contributed by atoms with Gasteiger partial charge in [-0.15, -0.1) is 0 Å². The lowest BCUT2D eigenvalue weighted by molar-refractivity contribution is 0.176. The van der Waals surface area contributed by atoms with Gasteiger partial charge in [-0.3, -0.25) is 20.1 Å². The molecule has 0 fully saturated rings. The molecule has 0 spiro atoms. The van der Waals surface area contributed by atoms with Crippen LogP contribution in [0.3, 0.4) is 0 Å². The molecule has 0 aliphatic carbocycles. The number of aliphatic hydroxyl groups excluding tert-OH is 1. The van der Waals surface area contributed by atoms with E-state index in [1.54, 1.807) is 24.8 Å². The van der Waals surface area contributed by atoms with Gasteiger partial charge in [0.05, 0.1) is 34.8 Å². The van der Waals surface area contributed by atoms with Gasteiger partial charge in [-0.2, -0.15) is 5.10 Å². The van der Waals surface area contributed by atoms with Crippen molar-refractivity contribution in [2.75, 3.05) is 5.32 Å². The quantitative estimate of drug-likeness (QED) is 0.221. The second-order valence-corrected chi connectivity index (χ2v) is 9.47. The Morgan fingerprint density at radius 3 is 2.68 bits per heavy atom. The number of hydrogen-bond donors (Lipinski definition) is 4. The number of aromatic amines is 2. The van der Waals surface area contributed by atoms with E-state index in [1.165, 1.54) is 0 Å². The largest absolute Gasteiger partial charge is 0.374 e.